The van der Waals surface area contributed by atoms with Gasteiger partial charge in [0.05, 0.1) is 0 Å². The number of hydrogen-bond donors (Lipinski definition) is 0. The summed E-state index contributed by atoms with van der Waals surface area (Å²) < 4.78 is 4.69. The first-order chi connectivity index (χ1) is 3.35. The van der Waals surface area contributed by atoms with Gasteiger partial charge in [0.15, 0.2) is 0 Å². The summed E-state index contributed by atoms with van der Waals surface area (Å²) in [4.78, 5) is 0. The molecule has 0 N–H and O–H groups in total. The van der Waals surface area contributed by atoms with Crippen molar-refractivity contribution in [3.63, 3.8) is 0 Å². The third-order valence-electron chi connectivity index (χ3n) is 1.73. The van der Waals surface area contributed by atoms with E-state index in [4.69, 9.17) is 0 Å². The van der Waals surface area contributed by atoms with Crippen molar-refractivity contribution in [2.75, 3.05) is 0 Å². The maximum atomic E-state index is 2.35. The van der Waals surface area contributed by atoms with Gasteiger partial charge in [0, 0.05) is 25.8 Å². The van der Waals surface area contributed by atoms with Gasteiger partial charge in [-0.05, 0) is 0 Å². The van der Waals surface area contributed by atoms with E-state index >= 15 is 0 Å². The molecule has 0 aromatic heterocycles. The van der Waals surface area contributed by atoms with Gasteiger partial charge in [-0.25, -0.2) is 0 Å². The second-order valence-electron chi connectivity index (χ2n) is 2.09. The first-order valence-corrected chi connectivity index (χ1v) is 10.3. The van der Waals surface area contributed by atoms with E-state index < -0.39 is 21.4 Å². The number of rotatable bonds is 3. The van der Waals surface area contributed by atoms with Crippen LogP contribution in [0.1, 0.15) is 20.8 Å². The fraction of sp³-hybridized carbons (Fsp3) is 1.00. The molecule has 0 amide bonds. The van der Waals surface area contributed by atoms with Crippen molar-refractivity contribution in [1.29, 1.82) is 0 Å². The Labute approximate surface area is 79.7 Å². The molecule has 8 heavy (non-hydrogen) atoms. The van der Waals surface area contributed by atoms with Crippen LogP contribution >= 0.6 is 0 Å². The van der Waals surface area contributed by atoms with E-state index in [2.05, 4.69) is 20.8 Å². The molecular weight excluding hydrogens is 302 g/mol. The SMILES string of the molecule is C[CH2][In]([CH2]C)[CH2]C.[In]. The molecule has 0 aromatic carbocycles. The van der Waals surface area contributed by atoms with Crippen molar-refractivity contribution >= 4 is 47.3 Å². The fourth-order valence-electron chi connectivity index (χ4n) is 0.866. The van der Waals surface area contributed by atoms with E-state index in [1.165, 1.54) is 0 Å². The smallest absolute Gasteiger partial charge is 0 e. The maximum Gasteiger partial charge on any atom is 0 e. The van der Waals surface area contributed by atoms with Crippen molar-refractivity contribution in [2.24, 2.45) is 0 Å². The maximum absolute atomic E-state index is 2.35. The Morgan fingerprint density at radius 2 is 1.12 bits per heavy atom. The standard InChI is InChI=1S/3C2H5.2In/c3*1-2;;/h3*1H2,2H3;;. The summed E-state index contributed by atoms with van der Waals surface area (Å²) in [7, 11) is 0. The molecule has 3 radical (unpaired) electrons. The second-order valence-corrected chi connectivity index (χ2v) is 14.0. The van der Waals surface area contributed by atoms with Crippen molar-refractivity contribution in [3.05, 3.63) is 0 Å². The molecular formula is C6H15In2. The molecule has 0 fully saturated rings. The van der Waals surface area contributed by atoms with Crippen molar-refractivity contribution in [1.82, 2.24) is 0 Å². The van der Waals surface area contributed by atoms with Gasteiger partial charge in [0.1, 0.15) is 0 Å². The Kier molecular flexibility index (Phi) is 13.6. The van der Waals surface area contributed by atoms with Gasteiger partial charge in [0.2, 0.25) is 0 Å². The monoisotopic (exact) mass is 317 g/mol. The van der Waals surface area contributed by atoms with Crippen molar-refractivity contribution in [2.45, 2.75) is 33.3 Å². The zero-order valence-corrected chi connectivity index (χ0v) is 12.9. The molecule has 0 atom stereocenters. The summed E-state index contributed by atoms with van der Waals surface area (Å²) in [6, 6.07) is 0. The van der Waals surface area contributed by atoms with Crippen LogP contribution in [-0.2, 0) is 0 Å². The summed E-state index contributed by atoms with van der Waals surface area (Å²) >= 11 is -0.764. The molecule has 0 aliphatic rings. The summed E-state index contributed by atoms with van der Waals surface area (Å²) in [5.74, 6) is 0. The van der Waals surface area contributed by atoms with Crippen LogP contribution < -0.4 is 0 Å². The minimum atomic E-state index is -0.764. The van der Waals surface area contributed by atoms with Gasteiger partial charge in [-0.1, -0.05) is 0 Å². The third-order valence-corrected chi connectivity index (χ3v) is 11.6. The summed E-state index contributed by atoms with van der Waals surface area (Å²) in [6.45, 7) is 7.06. The molecule has 0 spiro atoms. The Morgan fingerprint density at radius 1 is 0.875 bits per heavy atom. The molecule has 0 aliphatic carbocycles. The van der Waals surface area contributed by atoms with Gasteiger partial charge in [-0.15, -0.1) is 0 Å². The molecule has 2 heteroatoms. The van der Waals surface area contributed by atoms with Gasteiger partial charge < -0.3 is 0 Å². The topological polar surface area (TPSA) is 0 Å². The summed E-state index contributed by atoms with van der Waals surface area (Å²) in [5, 5.41) is 0. The predicted molar refractivity (Wildman–Crippen MR) is 43.0 cm³/mol. The first-order valence-electron chi connectivity index (χ1n) is 3.35. The van der Waals surface area contributed by atoms with Crippen LogP contribution in [0.25, 0.3) is 0 Å². The predicted octanol–water partition coefficient (Wildman–Crippen LogP) is 2.16. The minimum absolute atomic E-state index is 0. The molecule has 0 heterocycles. The van der Waals surface area contributed by atoms with Crippen LogP contribution in [0.2, 0.25) is 12.5 Å². The average Bonchev–Trinajstić information content (AvgIpc) is 1.72. The largest absolute Gasteiger partial charge is 0 e. The zero-order valence-electron chi connectivity index (χ0n) is 6.28. The van der Waals surface area contributed by atoms with Gasteiger partial charge in [0.25, 0.3) is 0 Å². The van der Waals surface area contributed by atoms with Gasteiger partial charge in [-0.2, -0.15) is 0 Å². The normalized spacial score (nSPS) is 7.88. The van der Waals surface area contributed by atoms with E-state index in [1.54, 1.807) is 12.5 Å². The van der Waals surface area contributed by atoms with Crippen LogP contribution in [0.5, 0.6) is 0 Å². The summed E-state index contributed by atoms with van der Waals surface area (Å²) in [6.07, 6.45) is 0. The van der Waals surface area contributed by atoms with Crippen molar-refractivity contribution in [3.8, 4) is 0 Å². The Bertz CT molecular complexity index is 28.0. The van der Waals surface area contributed by atoms with E-state index in [0.717, 1.165) is 0 Å². The molecule has 45 valence electrons. The molecule has 0 saturated carbocycles. The molecule has 0 rings (SSSR count). The van der Waals surface area contributed by atoms with E-state index in [9.17, 15) is 0 Å². The van der Waals surface area contributed by atoms with Crippen molar-refractivity contribution < 1.29 is 0 Å². The van der Waals surface area contributed by atoms with Gasteiger partial charge in [-0.3, -0.25) is 0 Å². The molecule has 0 aliphatic heterocycles. The molecule has 0 nitrogen and oxygen atoms in total. The number of hydrogen-bond acceptors (Lipinski definition) is 0. The van der Waals surface area contributed by atoms with E-state index in [1.807, 2.05) is 0 Å². The Hall–Kier alpha value is 1.74. The second kappa shape index (κ2) is 8.74. The van der Waals surface area contributed by atoms with E-state index in [0.29, 0.717) is 0 Å². The zero-order chi connectivity index (χ0) is 5.70. The third kappa shape index (κ3) is 5.87. The molecule has 0 aromatic rings. The fourth-order valence-corrected chi connectivity index (χ4v) is 5.81. The van der Waals surface area contributed by atoms with Crippen LogP contribution in [0, 0.1) is 0 Å². The molecule has 0 bridgehead atoms. The van der Waals surface area contributed by atoms with Crippen LogP contribution in [0.4, 0.5) is 0 Å². The Morgan fingerprint density at radius 3 is 1.12 bits per heavy atom. The quantitative estimate of drug-likeness (QED) is 0.748. The molecule has 0 unspecified atom stereocenters. The summed E-state index contributed by atoms with van der Waals surface area (Å²) in [5.41, 5.74) is 0. The minimum Gasteiger partial charge on any atom is 0 e. The average molecular weight is 317 g/mol. The van der Waals surface area contributed by atoms with Crippen LogP contribution in [-0.4, -0.2) is 47.3 Å². The van der Waals surface area contributed by atoms with Gasteiger partial charge >= 0.3 is 54.7 Å². The van der Waals surface area contributed by atoms with Crippen LogP contribution in [0.15, 0.2) is 0 Å². The first kappa shape index (κ1) is 12.4. The van der Waals surface area contributed by atoms with Crippen LogP contribution in [0.3, 0.4) is 0 Å². The van der Waals surface area contributed by atoms with E-state index in [-0.39, 0.29) is 25.8 Å². The Balaban J connectivity index is 0. The molecule has 0 saturated heterocycles.